The van der Waals surface area contributed by atoms with Gasteiger partial charge in [-0.15, -0.1) is 0 Å². The molecule has 0 aromatic carbocycles. The van der Waals surface area contributed by atoms with E-state index in [0.717, 1.165) is 0 Å². The summed E-state index contributed by atoms with van der Waals surface area (Å²) in [7, 11) is 0. The molecule has 1 fully saturated rings. The average Bonchev–Trinajstić information content (AvgIpc) is 2.57. The average molecular weight is 266 g/mol. The number of hydrogen-bond donors (Lipinski definition) is 1. The molecule has 0 radical (unpaired) electrons. The summed E-state index contributed by atoms with van der Waals surface area (Å²) in [5.74, 6) is 0.0652. The van der Waals surface area contributed by atoms with Gasteiger partial charge >= 0.3 is 6.18 Å². The Morgan fingerprint density at radius 3 is 2.44 bits per heavy atom. The Hall–Kier alpha value is -0.780. The van der Waals surface area contributed by atoms with E-state index in [1.807, 2.05) is 20.8 Å². The Balaban J connectivity index is 2.29. The summed E-state index contributed by atoms with van der Waals surface area (Å²) >= 11 is 0. The number of amides is 1. The molecule has 106 valence electrons. The predicted octanol–water partition coefficient (Wildman–Crippen LogP) is 2.03. The molecular weight excluding hydrogens is 245 g/mol. The molecule has 1 N–H and O–H groups in total. The number of rotatable bonds is 3. The van der Waals surface area contributed by atoms with E-state index in [0.29, 0.717) is 26.1 Å². The number of carbonyl (C=O) groups excluding carboxylic acids is 1. The van der Waals surface area contributed by atoms with Gasteiger partial charge in [0.1, 0.15) is 0 Å². The maximum atomic E-state index is 12.2. The fraction of sp³-hybridized carbons (Fsp3) is 0.917. The number of likely N-dealkylation sites (tertiary alicyclic amines) is 1. The first-order valence-corrected chi connectivity index (χ1v) is 6.15. The lowest BCUT2D eigenvalue weighted by Crippen LogP contribution is -2.39. The van der Waals surface area contributed by atoms with Crippen LogP contribution in [-0.4, -0.2) is 43.2 Å². The van der Waals surface area contributed by atoms with Gasteiger partial charge < -0.3 is 5.32 Å². The zero-order valence-corrected chi connectivity index (χ0v) is 11.1. The van der Waals surface area contributed by atoms with Crippen LogP contribution in [0.2, 0.25) is 0 Å². The van der Waals surface area contributed by atoms with E-state index in [4.69, 9.17) is 0 Å². The first kappa shape index (κ1) is 15.3. The SMILES string of the molecule is CC(C)(C)C(=O)NCC1CCN(CC(F)(F)F)C1. The maximum Gasteiger partial charge on any atom is 0.401 e. The number of carbonyl (C=O) groups is 1. The van der Waals surface area contributed by atoms with E-state index in [1.165, 1.54) is 4.90 Å². The third-order valence-corrected chi connectivity index (χ3v) is 3.01. The van der Waals surface area contributed by atoms with Crippen LogP contribution in [0.4, 0.5) is 13.2 Å². The summed E-state index contributed by atoms with van der Waals surface area (Å²) in [6, 6.07) is 0. The zero-order chi connectivity index (χ0) is 14.0. The van der Waals surface area contributed by atoms with E-state index in [1.54, 1.807) is 0 Å². The fourth-order valence-electron chi connectivity index (χ4n) is 1.98. The van der Waals surface area contributed by atoms with Crippen molar-refractivity contribution in [2.75, 3.05) is 26.2 Å². The molecule has 1 amide bonds. The summed E-state index contributed by atoms with van der Waals surface area (Å²) in [6.45, 7) is 5.91. The molecule has 1 rings (SSSR count). The predicted molar refractivity (Wildman–Crippen MR) is 63.1 cm³/mol. The van der Waals surface area contributed by atoms with Crippen LogP contribution < -0.4 is 5.32 Å². The molecule has 0 aromatic rings. The van der Waals surface area contributed by atoms with Crippen molar-refractivity contribution in [2.45, 2.75) is 33.4 Å². The van der Waals surface area contributed by atoms with Crippen LogP contribution in [0.15, 0.2) is 0 Å². The second-order valence-electron chi connectivity index (χ2n) is 5.97. The van der Waals surface area contributed by atoms with Gasteiger partial charge in [-0.3, -0.25) is 9.69 Å². The van der Waals surface area contributed by atoms with Crippen LogP contribution in [0.25, 0.3) is 0 Å². The van der Waals surface area contributed by atoms with Crippen molar-refractivity contribution in [3.05, 3.63) is 0 Å². The van der Waals surface area contributed by atoms with Crippen molar-refractivity contribution >= 4 is 5.91 Å². The second kappa shape index (κ2) is 5.47. The Morgan fingerprint density at radius 2 is 1.94 bits per heavy atom. The summed E-state index contributed by atoms with van der Waals surface area (Å²) in [4.78, 5) is 13.0. The van der Waals surface area contributed by atoms with E-state index >= 15 is 0 Å². The maximum absolute atomic E-state index is 12.2. The molecule has 1 heterocycles. The largest absolute Gasteiger partial charge is 0.401 e. The first-order chi connectivity index (χ1) is 8.08. The van der Waals surface area contributed by atoms with Gasteiger partial charge in [-0.05, 0) is 18.9 Å². The number of halogens is 3. The van der Waals surface area contributed by atoms with E-state index < -0.39 is 18.1 Å². The molecule has 1 saturated heterocycles. The number of hydrogen-bond acceptors (Lipinski definition) is 2. The van der Waals surface area contributed by atoms with Gasteiger partial charge in [0.2, 0.25) is 5.91 Å². The number of nitrogens with zero attached hydrogens (tertiary/aromatic N) is 1. The lowest BCUT2D eigenvalue weighted by Gasteiger charge is -2.20. The molecule has 1 unspecified atom stereocenters. The van der Waals surface area contributed by atoms with Crippen LogP contribution >= 0.6 is 0 Å². The highest BCUT2D eigenvalue weighted by Crippen LogP contribution is 2.22. The normalized spacial score (nSPS) is 22.2. The molecule has 0 aromatic heterocycles. The van der Waals surface area contributed by atoms with Crippen molar-refractivity contribution in [3.8, 4) is 0 Å². The Labute approximate surface area is 106 Å². The molecule has 0 saturated carbocycles. The van der Waals surface area contributed by atoms with Crippen molar-refractivity contribution in [3.63, 3.8) is 0 Å². The summed E-state index contributed by atoms with van der Waals surface area (Å²) < 4.78 is 36.6. The van der Waals surface area contributed by atoms with Crippen molar-refractivity contribution in [1.82, 2.24) is 10.2 Å². The lowest BCUT2D eigenvalue weighted by molar-refractivity contribution is -0.143. The van der Waals surface area contributed by atoms with Gasteiger partial charge in [-0.25, -0.2) is 0 Å². The molecule has 3 nitrogen and oxygen atoms in total. The van der Waals surface area contributed by atoms with Gasteiger partial charge in [0.15, 0.2) is 0 Å². The Kier molecular flexibility index (Phi) is 4.64. The van der Waals surface area contributed by atoms with Gasteiger partial charge in [0.05, 0.1) is 6.54 Å². The molecule has 0 spiro atoms. The topological polar surface area (TPSA) is 32.3 Å². The minimum atomic E-state index is -4.14. The van der Waals surface area contributed by atoms with Gasteiger partial charge in [0, 0.05) is 18.5 Å². The van der Waals surface area contributed by atoms with E-state index in [9.17, 15) is 18.0 Å². The standard InChI is InChI=1S/C12H21F3N2O/c1-11(2,3)10(18)16-6-9-4-5-17(7-9)8-12(13,14)15/h9H,4-8H2,1-3H3,(H,16,18). The van der Waals surface area contributed by atoms with Crippen molar-refractivity contribution in [1.29, 1.82) is 0 Å². The monoisotopic (exact) mass is 266 g/mol. The highest BCUT2D eigenvalue weighted by molar-refractivity contribution is 5.81. The Morgan fingerprint density at radius 1 is 1.33 bits per heavy atom. The minimum Gasteiger partial charge on any atom is -0.355 e. The molecular formula is C12H21F3N2O. The third-order valence-electron chi connectivity index (χ3n) is 3.01. The molecule has 1 atom stereocenters. The highest BCUT2D eigenvalue weighted by Gasteiger charge is 2.34. The third kappa shape index (κ3) is 5.25. The summed E-state index contributed by atoms with van der Waals surface area (Å²) in [5.41, 5.74) is -0.454. The lowest BCUT2D eigenvalue weighted by atomic mass is 9.95. The molecule has 0 bridgehead atoms. The van der Waals surface area contributed by atoms with E-state index in [2.05, 4.69) is 5.32 Å². The zero-order valence-electron chi connectivity index (χ0n) is 11.1. The van der Waals surface area contributed by atoms with E-state index in [-0.39, 0.29) is 11.8 Å². The van der Waals surface area contributed by atoms with Crippen LogP contribution in [0, 0.1) is 11.3 Å². The van der Waals surface area contributed by atoms with Crippen LogP contribution in [0.5, 0.6) is 0 Å². The van der Waals surface area contributed by atoms with Gasteiger partial charge in [0.25, 0.3) is 0 Å². The fourth-order valence-corrected chi connectivity index (χ4v) is 1.98. The molecule has 1 aliphatic heterocycles. The van der Waals surface area contributed by atoms with Crippen molar-refractivity contribution in [2.24, 2.45) is 11.3 Å². The highest BCUT2D eigenvalue weighted by atomic mass is 19.4. The van der Waals surface area contributed by atoms with Crippen LogP contribution in [0.3, 0.4) is 0 Å². The van der Waals surface area contributed by atoms with Crippen LogP contribution in [-0.2, 0) is 4.79 Å². The number of alkyl halides is 3. The second-order valence-corrected chi connectivity index (χ2v) is 5.97. The Bertz CT molecular complexity index is 297. The smallest absolute Gasteiger partial charge is 0.355 e. The first-order valence-electron chi connectivity index (χ1n) is 6.15. The van der Waals surface area contributed by atoms with Crippen molar-refractivity contribution < 1.29 is 18.0 Å². The van der Waals surface area contributed by atoms with Crippen LogP contribution in [0.1, 0.15) is 27.2 Å². The molecule has 6 heteroatoms. The summed E-state index contributed by atoms with van der Waals surface area (Å²) in [5, 5.41) is 2.80. The number of nitrogens with one attached hydrogen (secondary N) is 1. The molecule has 1 aliphatic rings. The molecule has 18 heavy (non-hydrogen) atoms. The minimum absolute atomic E-state index is 0.0585. The van der Waals surface area contributed by atoms with Gasteiger partial charge in [-0.1, -0.05) is 20.8 Å². The van der Waals surface area contributed by atoms with Gasteiger partial charge in [-0.2, -0.15) is 13.2 Å². The molecule has 0 aliphatic carbocycles. The quantitative estimate of drug-likeness (QED) is 0.847. The summed E-state index contributed by atoms with van der Waals surface area (Å²) in [6.07, 6.45) is -3.43.